The average Bonchev–Trinajstić information content (AvgIpc) is 2.39. The van der Waals surface area contributed by atoms with E-state index in [0.717, 1.165) is 6.04 Å². The van der Waals surface area contributed by atoms with Gasteiger partial charge in [-0.2, -0.15) is 0 Å². The van der Waals surface area contributed by atoms with Gasteiger partial charge in [0.15, 0.2) is 0 Å². The van der Waals surface area contributed by atoms with Crippen molar-refractivity contribution in [3.8, 4) is 0 Å². The monoisotopic (exact) mass is 246 g/mol. The fourth-order valence-corrected chi connectivity index (χ4v) is 2.67. The Morgan fingerprint density at radius 2 is 2.06 bits per heavy atom. The summed E-state index contributed by atoms with van der Waals surface area (Å²) in [6, 6.07) is 11.6. The van der Waals surface area contributed by atoms with Crippen LogP contribution >= 0.6 is 0 Å². The molecule has 18 heavy (non-hydrogen) atoms. The van der Waals surface area contributed by atoms with Gasteiger partial charge in [-0.1, -0.05) is 37.3 Å². The first-order chi connectivity index (χ1) is 8.88. The van der Waals surface area contributed by atoms with Crippen LogP contribution in [-0.4, -0.2) is 37.1 Å². The van der Waals surface area contributed by atoms with Crippen molar-refractivity contribution in [1.29, 1.82) is 0 Å². The summed E-state index contributed by atoms with van der Waals surface area (Å²) in [5.41, 5.74) is 1.46. The van der Waals surface area contributed by atoms with Crippen LogP contribution in [0.5, 0.6) is 0 Å². The van der Waals surface area contributed by atoms with E-state index < -0.39 is 0 Å². The molecular formula is C16H26N2. The van der Waals surface area contributed by atoms with Gasteiger partial charge < -0.3 is 10.2 Å². The van der Waals surface area contributed by atoms with Crippen molar-refractivity contribution in [2.24, 2.45) is 0 Å². The Morgan fingerprint density at radius 3 is 2.83 bits per heavy atom. The molecule has 1 unspecified atom stereocenters. The van der Waals surface area contributed by atoms with Gasteiger partial charge in [-0.25, -0.2) is 0 Å². The van der Waals surface area contributed by atoms with Gasteiger partial charge in [-0.15, -0.1) is 0 Å². The van der Waals surface area contributed by atoms with Gasteiger partial charge in [0.2, 0.25) is 0 Å². The molecule has 1 aliphatic rings. The van der Waals surface area contributed by atoms with E-state index >= 15 is 0 Å². The van der Waals surface area contributed by atoms with Gasteiger partial charge in [0.05, 0.1) is 0 Å². The average molecular weight is 246 g/mol. The summed E-state index contributed by atoms with van der Waals surface area (Å²) in [5, 5.41) is 3.64. The first kappa shape index (κ1) is 13.6. The summed E-state index contributed by atoms with van der Waals surface area (Å²) in [6.07, 6.45) is 5.02. The highest BCUT2D eigenvalue weighted by molar-refractivity contribution is 5.14. The maximum atomic E-state index is 3.64. The van der Waals surface area contributed by atoms with Crippen molar-refractivity contribution in [1.82, 2.24) is 10.2 Å². The SMILES string of the molecule is CCC1CCN(CCc2ccccc2)CCCN1. The minimum absolute atomic E-state index is 0.726. The molecule has 2 heteroatoms. The zero-order chi connectivity index (χ0) is 12.6. The van der Waals surface area contributed by atoms with Gasteiger partial charge in [0, 0.05) is 12.6 Å². The normalized spacial score (nSPS) is 22.4. The fourth-order valence-electron chi connectivity index (χ4n) is 2.67. The van der Waals surface area contributed by atoms with Crippen LogP contribution < -0.4 is 5.32 Å². The highest BCUT2D eigenvalue weighted by Crippen LogP contribution is 2.07. The van der Waals surface area contributed by atoms with Crippen molar-refractivity contribution in [2.45, 2.75) is 38.6 Å². The number of benzene rings is 1. The number of rotatable bonds is 4. The molecule has 1 fully saturated rings. The molecule has 1 heterocycles. The van der Waals surface area contributed by atoms with Gasteiger partial charge in [0.25, 0.3) is 0 Å². The molecule has 0 amide bonds. The Balaban J connectivity index is 1.77. The Hall–Kier alpha value is -0.860. The van der Waals surface area contributed by atoms with E-state index in [2.05, 4.69) is 47.5 Å². The molecule has 1 N–H and O–H groups in total. The summed E-state index contributed by atoms with van der Waals surface area (Å²) >= 11 is 0. The molecule has 0 saturated carbocycles. The minimum Gasteiger partial charge on any atom is -0.314 e. The van der Waals surface area contributed by atoms with E-state index in [0.29, 0.717) is 0 Å². The molecule has 0 aromatic heterocycles. The lowest BCUT2D eigenvalue weighted by Crippen LogP contribution is -2.40. The van der Waals surface area contributed by atoms with Crippen LogP contribution in [0.2, 0.25) is 0 Å². The summed E-state index contributed by atoms with van der Waals surface area (Å²) in [7, 11) is 0. The molecule has 1 aliphatic heterocycles. The van der Waals surface area contributed by atoms with Crippen LogP contribution in [-0.2, 0) is 6.42 Å². The zero-order valence-electron chi connectivity index (χ0n) is 11.6. The van der Waals surface area contributed by atoms with Crippen LogP contribution in [0.4, 0.5) is 0 Å². The van der Waals surface area contributed by atoms with E-state index in [1.807, 2.05) is 0 Å². The predicted molar refractivity (Wildman–Crippen MR) is 77.9 cm³/mol. The minimum atomic E-state index is 0.726. The third kappa shape index (κ3) is 4.43. The molecular weight excluding hydrogens is 220 g/mol. The second kappa shape index (κ2) is 7.55. The Labute approximate surface area is 111 Å². The van der Waals surface area contributed by atoms with Crippen molar-refractivity contribution >= 4 is 0 Å². The molecule has 1 aromatic rings. The maximum Gasteiger partial charge on any atom is 0.00766 e. The summed E-state index contributed by atoms with van der Waals surface area (Å²) < 4.78 is 0. The van der Waals surface area contributed by atoms with Crippen LogP contribution in [0.25, 0.3) is 0 Å². The molecule has 1 atom stereocenters. The number of nitrogens with one attached hydrogen (secondary N) is 1. The first-order valence-corrected chi connectivity index (χ1v) is 7.38. The van der Waals surface area contributed by atoms with Gasteiger partial charge in [-0.3, -0.25) is 0 Å². The van der Waals surface area contributed by atoms with Gasteiger partial charge in [-0.05, 0) is 50.9 Å². The lowest BCUT2D eigenvalue weighted by Gasteiger charge is -2.28. The van der Waals surface area contributed by atoms with Crippen LogP contribution in [0.1, 0.15) is 31.7 Å². The zero-order valence-corrected chi connectivity index (χ0v) is 11.6. The lowest BCUT2D eigenvalue weighted by atomic mass is 10.1. The van der Waals surface area contributed by atoms with E-state index in [1.54, 1.807) is 0 Å². The van der Waals surface area contributed by atoms with Crippen LogP contribution in [0.3, 0.4) is 0 Å². The number of nitrogens with zero attached hydrogens (tertiary/aromatic N) is 1. The number of hydrogen-bond donors (Lipinski definition) is 1. The molecule has 2 nitrogen and oxygen atoms in total. The topological polar surface area (TPSA) is 15.3 Å². The van der Waals surface area contributed by atoms with E-state index in [4.69, 9.17) is 0 Å². The molecule has 0 radical (unpaired) electrons. The lowest BCUT2D eigenvalue weighted by molar-refractivity contribution is 0.234. The molecule has 100 valence electrons. The second-order valence-electron chi connectivity index (χ2n) is 5.28. The third-order valence-corrected chi connectivity index (χ3v) is 3.93. The van der Waals surface area contributed by atoms with Crippen LogP contribution in [0.15, 0.2) is 30.3 Å². The van der Waals surface area contributed by atoms with Gasteiger partial charge >= 0.3 is 0 Å². The molecule has 0 bridgehead atoms. The highest BCUT2D eigenvalue weighted by atomic mass is 15.1. The summed E-state index contributed by atoms with van der Waals surface area (Å²) in [6.45, 7) is 7.17. The molecule has 0 spiro atoms. The summed E-state index contributed by atoms with van der Waals surface area (Å²) in [5.74, 6) is 0. The molecule has 1 aromatic carbocycles. The second-order valence-corrected chi connectivity index (χ2v) is 5.28. The highest BCUT2D eigenvalue weighted by Gasteiger charge is 2.13. The quantitative estimate of drug-likeness (QED) is 0.878. The van der Waals surface area contributed by atoms with E-state index in [-0.39, 0.29) is 0 Å². The van der Waals surface area contributed by atoms with Crippen molar-refractivity contribution in [2.75, 3.05) is 26.2 Å². The van der Waals surface area contributed by atoms with Crippen molar-refractivity contribution in [3.63, 3.8) is 0 Å². The molecule has 2 rings (SSSR count). The predicted octanol–water partition coefficient (Wildman–Crippen LogP) is 2.69. The Kier molecular flexibility index (Phi) is 5.69. The molecule has 1 saturated heterocycles. The first-order valence-electron chi connectivity index (χ1n) is 7.38. The standard InChI is InChI=1S/C16H26N2/c1-2-16-10-14-18(12-6-11-17-16)13-9-15-7-4-3-5-8-15/h3-5,7-8,16-17H,2,6,9-14H2,1H3. The largest absolute Gasteiger partial charge is 0.314 e. The smallest absolute Gasteiger partial charge is 0.00766 e. The Morgan fingerprint density at radius 1 is 1.22 bits per heavy atom. The van der Waals surface area contributed by atoms with Crippen LogP contribution in [0, 0.1) is 0 Å². The van der Waals surface area contributed by atoms with Crippen molar-refractivity contribution in [3.05, 3.63) is 35.9 Å². The van der Waals surface area contributed by atoms with Gasteiger partial charge in [0.1, 0.15) is 0 Å². The third-order valence-electron chi connectivity index (χ3n) is 3.93. The maximum absolute atomic E-state index is 3.64. The summed E-state index contributed by atoms with van der Waals surface area (Å²) in [4.78, 5) is 2.64. The molecule has 0 aliphatic carbocycles. The fraction of sp³-hybridized carbons (Fsp3) is 0.625. The van der Waals surface area contributed by atoms with Crippen molar-refractivity contribution < 1.29 is 0 Å². The van der Waals surface area contributed by atoms with E-state index in [1.165, 1.54) is 57.4 Å². The number of hydrogen-bond acceptors (Lipinski definition) is 2. The Bertz CT molecular complexity index is 323. The van der Waals surface area contributed by atoms with E-state index in [9.17, 15) is 0 Å².